The van der Waals surface area contributed by atoms with Gasteiger partial charge in [-0.05, 0) is 56.3 Å². The van der Waals surface area contributed by atoms with Crippen molar-refractivity contribution in [3.05, 3.63) is 51.2 Å². The van der Waals surface area contributed by atoms with E-state index >= 15 is 0 Å². The van der Waals surface area contributed by atoms with Gasteiger partial charge in [0.05, 0.1) is 11.5 Å². The van der Waals surface area contributed by atoms with Crippen molar-refractivity contribution in [3.8, 4) is 5.75 Å². The third-order valence-corrected chi connectivity index (χ3v) is 4.77. The van der Waals surface area contributed by atoms with E-state index < -0.39 is 4.92 Å². The first kappa shape index (κ1) is 19.6. The molecule has 0 atom stereocenters. The zero-order chi connectivity index (χ0) is 17.9. The summed E-state index contributed by atoms with van der Waals surface area (Å²) in [5.41, 5.74) is 1.29. The monoisotopic (exact) mass is 365 g/mol. The van der Waals surface area contributed by atoms with E-state index in [1.807, 2.05) is 18.4 Å². The molecule has 1 saturated heterocycles. The predicted octanol–water partition coefficient (Wildman–Crippen LogP) is 3.47. The molecule has 1 heterocycles. The van der Waals surface area contributed by atoms with E-state index in [1.165, 1.54) is 49.7 Å². The van der Waals surface area contributed by atoms with Gasteiger partial charge < -0.3 is 10.1 Å². The number of nitrogens with one attached hydrogen (secondary N) is 1. The maximum absolute atomic E-state index is 10.5. The molecule has 6 nitrogen and oxygen atoms in total. The zero-order valence-corrected chi connectivity index (χ0v) is 15.6. The van der Waals surface area contributed by atoms with Gasteiger partial charge in [-0.1, -0.05) is 18.6 Å². The maximum Gasteiger partial charge on any atom is 0.263 e. The van der Waals surface area contributed by atoms with Crippen molar-refractivity contribution in [2.75, 3.05) is 32.5 Å². The van der Waals surface area contributed by atoms with E-state index in [2.05, 4.69) is 22.3 Å². The molecule has 0 radical (unpaired) electrons. The van der Waals surface area contributed by atoms with Crippen LogP contribution in [-0.2, 0) is 6.54 Å². The van der Waals surface area contributed by atoms with E-state index in [4.69, 9.17) is 4.74 Å². The van der Waals surface area contributed by atoms with Crippen LogP contribution >= 0.6 is 11.8 Å². The highest BCUT2D eigenvalue weighted by Gasteiger charge is 2.10. The number of nitro groups is 1. The summed E-state index contributed by atoms with van der Waals surface area (Å²) in [4.78, 5) is 12.5. The number of nitrogens with zero attached hydrogens (tertiary/aromatic N) is 2. The molecule has 2 rings (SSSR count). The van der Waals surface area contributed by atoms with Gasteiger partial charge in [0.2, 0.25) is 0 Å². The molecule has 0 aromatic heterocycles. The van der Waals surface area contributed by atoms with E-state index in [1.54, 1.807) is 0 Å². The van der Waals surface area contributed by atoms with Crippen molar-refractivity contribution in [3.63, 3.8) is 0 Å². The standard InChI is InChI=1S/C18H27N3O3S/c1-25-18(15-21(22)23)19-9-6-12-24-17-8-5-7-16(13-17)14-20-10-3-2-4-11-20/h5,7-8,13,15,19H,2-4,6,9-12,14H2,1H3/b18-15+. The van der Waals surface area contributed by atoms with E-state index in [-0.39, 0.29) is 0 Å². The minimum atomic E-state index is -0.441. The molecule has 1 aliphatic heterocycles. The first-order chi connectivity index (χ1) is 12.2. The molecule has 138 valence electrons. The molecule has 0 spiro atoms. The number of hydrogen-bond acceptors (Lipinski definition) is 6. The Kier molecular flexibility index (Phi) is 8.62. The van der Waals surface area contributed by atoms with Crippen LogP contribution in [0.15, 0.2) is 35.5 Å². The fraction of sp³-hybridized carbons (Fsp3) is 0.556. The Morgan fingerprint density at radius 1 is 1.40 bits per heavy atom. The predicted molar refractivity (Wildman–Crippen MR) is 102 cm³/mol. The van der Waals surface area contributed by atoms with Gasteiger partial charge in [-0.3, -0.25) is 15.0 Å². The second-order valence-corrected chi connectivity index (χ2v) is 6.94. The van der Waals surface area contributed by atoms with Gasteiger partial charge in [0, 0.05) is 13.1 Å². The third-order valence-electron chi connectivity index (χ3n) is 4.08. The number of ether oxygens (including phenoxy) is 1. The summed E-state index contributed by atoms with van der Waals surface area (Å²) in [7, 11) is 0. The van der Waals surface area contributed by atoms with Crippen LogP contribution in [0.1, 0.15) is 31.2 Å². The second-order valence-electron chi connectivity index (χ2n) is 6.10. The van der Waals surface area contributed by atoms with Crippen molar-refractivity contribution in [1.82, 2.24) is 10.2 Å². The van der Waals surface area contributed by atoms with Gasteiger partial charge in [-0.2, -0.15) is 0 Å². The van der Waals surface area contributed by atoms with Gasteiger partial charge in [0.1, 0.15) is 10.8 Å². The largest absolute Gasteiger partial charge is 0.494 e. The molecular formula is C18H27N3O3S. The summed E-state index contributed by atoms with van der Waals surface area (Å²) in [5, 5.41) is 14.1. The number of benzene rings is 1. The van der Waals surface area contributed by atoms with E-state index in [0.29, 0.717) is 18.2 Å². The average Bonchev–Trinajstić information content (AvgIpc) is 2.61. The lowest BCUT2D eigenvalue weighted by Gasteiger charge is -2.26. The fourth-order valence-corrected chi connectivity index (χ4v) is 3.29. The molecular weight excluding hydrogens is 338 g/mol. The van der Waals surface area contributed by atoms with Crippen molar-refractivity contribution < 1.29 is 9.66 Å². The Bertz CT molecular complexity index is 574. The Balaban J connectivity index is 1.70. The van der Waals surface area contributed by atoms with Crippen LogP contribution in [0.3, 0.4) is 0 Å². The number of thioether (sulfide) groups is 1. The lowest BCUT2D eigenvalue weighted by molar-refractivity contribution is -0.403. The summed E-state index contributed by atoms with van der Waals surface area (Å²) in [6, 6.07) is 8.28. The highest BCUT2D eigenvalue weighted by atomic mass is 32.2. The summed E-state index contributed by atoms with van der Waals surface area (Å²) < 4.78 is 5.81. The number of piperidine rings is 1. The van der Waals surface area contributed by atoms with Gasteiger partial charge in [-0.15, -0.1) is 11.8 Å². The Morgan fingerprint density at radius 2 is 2.20 bits per heavy atom. The second kappa shape index (κ2) is 11.0. The van der Waals surface area contributed by atoms with Crippen LogP contribution in [0.25, 0.3) is 0 Å². The lowest BCUT2D eigenvalue weighted by Crippen LogP contribution is -2.29. The zero-order valence-electron chi connectivity index (χ0n) is 14.8. The SMILES string of the molecule is CS/C(=C/[N+](=O)[O-])NCCCOc1cccc(CN2CCCCC2)c1. The molecule has 0 bridgehead atoms. The van der Waals surface area contributed by atoms with Gasteiger partial charge in [-0.25, -0.2) is 0 Å². The smallest absolute Gasteiger partial charge is 0.263 e. The van der Waals surface area contributed by atoms with Crippen LogP contribution < -0.4 is 10.1 Å². The fourth-order valence-electron chi connectivity index (χ4n) is 2.85. The maximum atomic E-state index is 10.5. The first-order valence-electron chi connectivity index (χ1n) is 8.74. The van der Waals surface area contributed by atoms with Gasteiger partial charge in [0.25, 0.3) is 6.20 Å². The molecule has 0 aliphatic carbocycles. The molecule has 1 N–H and O–H groups in total. The quantitative estimate of drug-likeness (QED) is 0.389. The third kappa shape index (κ3) is 7.79. The number of hydrogen-bond donors (Lipinski definition) is 1. The molecule has 7 heteroatoms. The number of likely N-dealkylation sites (tertiary alicyclic amines) is 1. The minimum Gasteiger partial charge on any atom is -0.494 e. The Morgan fingerprint density at radius 3 is 2.92 bits per heavy atom. The minimum absolute atomic E-state index is 0.441. The van der Waals surface area contributed by atoms with Gasteiger partial charge in [0.15, 0.2) is 0 Å². The van der Waals surface area contributed by atoms with Crippen molar-refractivity contribution in [2.24, 2.45) is 0 Å². The average molecular weight is 365 g/mol. The molecule has 25 heavy (non-hydrogen) atoms. The molecule has 0 amide bonds. The highest BCUT2D eigenvalue weighted by Crippen LogP contribution is 2.17. The van der Waals surface area contributed by atoms with Crippen molar-refractivity contribution in [1.29, 1.82) is 0 Å². The van der Waals surface area contributed by atoms with Crippen LogP contribution in [-0.4, -0.2) is 42.3 Å². The first-order valence-corrected chi connectivity index (χ1v) is 9.97. The molecule has 0 unspecified atom stereocenters. The van der Waals surface area contributed by atoms with Crippen molar-refractivity contribution in [2.45, 2.75) is 32.2 Å². The van der Waals surface area contributed by atoms with Crippen molar-refractivity contribution >= 4 is 11.8 Å². The highest BCUT2D eigenvalue weighted by molar-refractivity contribution is 8.02. The summed E-state index contributed by atoms with van der Waals surface area (Å²) in [5.74, 6) is 0.889. The van der Waals surface area contributed by atoms with E-state index in [9.17, 15) is 10.1 Å². The summed E-state index contributed by atoms with van der Waals surface area (Å²) in [6.07, 6.45) is 7.54. The van der Waals surface area contributed by atoms with Crippen LogP contribution in [0, 0.1) is 10.1 Å². The Labute approximate surface area is 153 Å². The number of rotatable bonds is 10. The molecule has 0 saturated carbocycles. The van der Waals surface area contributed by atoms with E-state index in [0.717, 1.165) is 24.9 Å². The normalized spacial score (nSPS) is 15.8. The Hall–Kier alpha value is -1.73. The topological polar surface area (TPSA) is 67.6 Å². The van der Waals surface area contributed by atoms with Crippen LogP contribution in [0.4, 0.5) is 0 Å². The lowest BCUT2D eigenvalue weighted by atomic mass is 10.1. The van der Waals surface area contributed by atoms with Crippen LogP contribution in [0.2, 0.25) is 0 Å². The summed E-state index contributed by atoms with van der Waals surface area (Å²) >= 11 is 1.33. The van der Waals surface area contributed by atoms with Gasteiger partial charge >= 0.3 is 0 Å². The molecule has 1 aliphatic rings. The molecule has 1 aromatic carbocycles. The molecule has 1 fully saturated rings. The van der Waals surface area contributed by atoms with Crippen LogP contribution in [0.5, 0.6) is 5.75 Å². The summed E-state index contributed by atoms with van der Waals surface area (Å²) in [6.45, 7) is 4.59. The molecule has 1 aromatic rings.